The second-order valence-electron chi connectivity index (χ2n) is 30.2. The van der Waals surface area contributed by atoms with Crippen LogP contribution in [0.1, 0.15) is 248 Å². The van der Waals surface area contributed by atoms with Gasteiger partial charge in [-0.1, -0.05) is 204 Å². The molecule has 0 N–H and O–H groups in total. The van der Waals surface area contributed by atoms with E-state index in [1.807, 2.05) is 0 Å². The Morgan fingerprint density at radius 2 is 0.670 bits per heavy atom. The summed E-state index contributed by atoms with van der Waals surface area (Å²) in [6, 6.07) is 69.1. The molecule has 11 aromatic carbocycles. The van der Waals surface area contributed by atoms with Gasteiger partial charge in [-0.2, -0.15) is 5.26 Å². The number of nitrogens with zero attached hydrogens (tertiary/aromatic N) is 4. The number of benzene rings is 11. The summed E-state index contributed by atoms with van der Waals surface area (Å²) in [6.45, 7) is 37.5. The van der Waals surface area contributed by atoms with Gasteiger partial charge in [-0.05, 0) is 206 Å². The summed E-state index contributed by atoms with van der Waals surface area (Å²) >= 11 is 0. The number of fused-ring (bicyclic) bond motifs is 12. The molecular formula is C90H74N4. The minimum Gasteiger partial charge on any atom is -0.309 e. The third kappa shape index (κ3) is 6.96. The number of hydrogen-bond acceptors (Lipinski definition) is 1. The molecule has 4 heteroatoms. The zero-order chi connectivity index (χ0) is 64.1. The van der Waals surface area contributed by atoms with Crippen LogP contribution in [0.15, 0.2) is 170 Å². The van der Waals surface area contributed by atoms with Crippen LogP contribution in [0, 0.1) is 17.9 Å². The van der Waals surface area contributed by atoms with Crippen LogP contribution in [-0.4, -0.2) is 8.80 Å². The monoisotopic (exact) mass is 1210 g/mol. The maximum absolute atomic E-state index is 11.7. The molecule has 0 aliphatic heterocycles. The van der Waals surface area contributed by atoms with Crippen LogP contribution >= 0.6 is 0 Å². The van der Waals surface area contributed by atoms with Crippen molar-refractivity contribution in [2.45, 2.75) is 142 Å². The summed E-state index contributed by atoms with van der Waals surface area (Å²) in [6.07, 6.45) is 0. The van der Waals surface area contributed by atoms with Crippen molar-refractivity contribution in [2.24, 2.45) is 0 Å². The highest BCUT2D eigenvalue weighted by Crippen LogP contribution is 2.63. The second-order valence-corrected chi connectivity index (χ2v) is 30.2. The molecule has 0 radical (unpaired) electrons. The topological polar surface area (TPSA) is 37.0 Å². The molecule has 4 aromatic heterocycles. The van der Waals surface area contributed by atoms with E-state index in [-0.39, 0.29) is 47.3 Å². The van der Waals surface area contributed by atoms with Gasteiger partial charge >= 0.3 is 0 Å². The molecule has 0 saturated carbocycles. The normalized spacial score (nSPS) is 16.9. The van der Waals surface area contributed by atoms with Gasteiger partial charge in [0.05, 0.1) is 45.8 Å². The van der Waals surface area contributed by atoms with E-state index in [1.165, 1.54) is 177 Å². The van der Waals surface area contributed by atoms with Gasteiger partial charge in [0, 0.05) is 72.3 Å². The van der Waals surface area contributed by atoms with Gasteiger partial charge in [0.1, 0.15) is 0 Å². The van der Waals surface area contributed by atoms with E-state index >= 15 is 0 Å². The first kappa shape index (κ1) is 55.6. The van der Waals surface area contributed by atoms with Crippen molar-refractivity contribution < 1.29 is 0 Å². The van der Waals surface area contributed by atoms with Gasteiger partial charge < -0.3 is 8.80 Å². The molecule has 4 nitrogen and oxygen atoms in total. The molecule has 0 amide bonds. The second kappa shape index (κ2) is 19.3. The van der Waals surface area contributed by atoms with Crippen molar-refractivity contribution in [2.75, 3.05) is 0 Å². The minimum atomic E-state index is -0.0587. The summed E-state index contributed by atoms with van der Waals surface area (Å²) in [5.74, 6) is 1.68. The average Bonchev–Trinajstić information content (AvgIpc) is 1.45. The van der Waals surface area contributed by atoms with Gasteiger partial charge in [0.15, 0.2) is 5.69 Å². The van der Waals surface area contributed by atoms with Crippen LogP contribution in [0.25, 0.3) is 103 Å². The van der Waals surface area contributed by atoms with Crippen molar-refractivity contribution in [1.29, 1.82) is 5.26 Å². The highest BCUT2D eigenvalue weighted by Gasteiger charge is 2.47. The van der Waals surface area contributed by atoms with E-state index in [2.05, 4.69) is 273 Å². The van der Waals surface area contributed by atoms with Crippen molar-refractivity contribution in [3.05, 3.63) is 287 Å². The highest BCUT2D eigenvalue weighted by atomic mass is 14.9. The molecule has 6 aliphatic rings. The number of hydrogen-bond donors (Lipinski definition) is 0. The van der Waals surface area contributed by atoms with E-state index < -0.39 is 0 Å². The Morgan fingerprint density at radius 1 is 0.351 bits per heavy atom. The van der Waals surface area contributed by atoms with E-state index in [4.69, 9.17) is 0 Å². The van der Waals surface area contributed by atoms with Crippen LogP contribution in [0.5, 0.6) is 0 Å². The van der Waals surface area contributed by atoms with Crippen LogP contribution in [-0.2, 0) is 0 Å². The predicted molar refractivity (Wildman–Crippen MR) is 392 cm³/mol. The fraction of sp³-hybridized carbons (Fsp3) is 0.244. The number of nitriles is 1. The fourth-order valence-corrected chi connectivity index (χ4v) is 19.3. The van der Waals surface area contributed by atoms with Gasteiger partial charge in [0.25, 0.3) is 0 Å². The highest BCUT2D eigenvalue weighted by molar-refractivity contribution is 6.31. The molecular weight excluding hydrogens is 1140 g/mol. The van der Waals surface area contributed by atoms with Gasteiger partial charge in [-0.3, -0.25) is 0 Å². The van der Waals surface area contributed by atoms with Crippen LogP contribution in [0.2, 0.25) is 0 Å². The first-order chi connectivity index (χ1) is 45.6. The maximum atomic E-state index is 11.7. The predicted octanol–water partition coefficient (Wildman–Crippen LogP) is 24.5. The summed E-state index contributed by atoms with van der Waals surface area (Å²) < 4.78 is 5.17. The lowest BCUT2D eigenvalue weighted by molar-refractivity contribution is 0.759. The van der Waals surface area contributed by atoms with Gasteiger partial charge in [0.2, 0.25) is 0 Å². The Morgan fingerprint density at radius 3 is 1.00 bits per heavy atom. The third-order valence-electron chi connectivity index (χ3n) is 23.3. The molecule has 0 fully saturated rings. The zero-order valence-electron chi connectivity index (χ0n) is 55.7. The molecule has 0 spiro atoms. The Bertz CT molecular complexity index is 5470. The molecule has 21 rings (SSSR count). The van der Waals surface area contributed by atoms with E-state index in [9.17, 15) is 11.8 Å². The minimum absolute atomic E-state index is 0.0399. The first-order valence-electron chi connectivity index (χ1n) is 34.6. The Balaban J connectivity index is 1.01. The Hall–Kier alpha value is -10.0. The molecule has 6 aliphatic carbocycles. The summed E-state index contributed by atoms with van der Waals surface area (Å²) in [7, 11) is 0. The molecule has 0 atom stereocenters. The van der Waals surface area contributed by atoms with Gasteiger partial charge in [-0.15, -0.1) is 0 Å². The SMILES string of the molecule is [C-]#[N+]c1cc2c(c3c1C1c4ccccc4C3c3ccccc31)c1cc(-c3c(C(C)C)cc(C(C)C)cc3C(C)C)cc3c4cc5c(cc4n2c31)c1cc(-c2c(C(C)C)cc(C(C)C)cc2C(C)C)cc2c3c4c(c(C#N)cc3n5c12)C1c2ccccc2C4c2ccccc21. The lowest BCUT2D eigenvalue weighted by Gasteiger charge is -2.43. The molecule has 4 heterocycles. The van der Waals surface area contributed by atoms with Crippen molar-refractivity contribution >= 4 is 81.9 Å². The first-order valence-corrected chi connectivity index (χ1v) is 34.6. The number of aromatic nitrogens is 2. The lowest BCUT2D eigenvalue weighted by Crippen LogP contribution is -2.28. The van der Waals surface area contributed by atoms with E-state index in [0.29, 0.717) is 11.8 Å². The Kier molecular flexibility index (Phi) is 11.4. The molecule has 0 saturated heterocycles. The smallest absolute Gasteiger partial charge is 0.193 e. The largest absolute Gasteiger partial charge is 0.309 e. The molecule has 15 aromatic rings. The Labute approximate surface area is 550 Å². The fourth-order valence-electron chi connectivity index (χ4n) is 19.3. The quantitative estimate of drug-likeness (QED) is 0.140. The molecule has 454 valence electrons. The maximum Gasteiger partial charge on any atom is 0.193 e. The van der Waals surface area contributed by atoms with Crippen molar-refractivity contribution in [1.82, 2.24) is 8.80 Å². The van der Waals surface area contributed by atoms with Crippen LogP contribution in [0.4, 0.5) is 5.69 Å². The van der Waals surface area contributed by atoms with Gasteiger partial charge in [-0.25, -0.2) is 4.85 Å². The van der Waals surface area contributed by atoms with Crippen LogP contribution < -0.4 is 0 Å². The molecule has 94 heavy (non-hydrogen) atoms. The average molecular weight is 1210 g/mol. The summed E-state index contributed by atoms with van der Waals surface area (Å²) in [5, 5.41) is 21.6. The molecule has 4 bridgehead atoms. The summed E-state index contributed by atoms with van der Waals surface area (Å²) in [5.41, 5.74) is 37.5. The summed E-state index contributed by atoms with van der Waals surface area (Å²) in [4.78, 5) is 4.59. The van der Waals surface area contributed by atoms with Crippen LogP contribution in [0.3, 0.4) is 0 Å². The van der Waals surface area contributed by atoms with E-state index in [1.54, 1.807) is 0 Å². The lowest BCUT2D eigenvalue weighted by atomic mass is 9.59. The standard InChI is InChI=1S/C90H74N4/c1-43(2)49-30-62(45(5)6)77(63(31-49)46(7)8)51-34-68-66-40-74-67(39-73(66)93-75-38-53(42-91)79-80-54-22-14-18-26-58(54)82(59-27-19-15-23-55(59)80)87(79)84(75)70(36-51)89(68)93)69-35-52(78-64(47(9)10)32-50(44(3)4)33-65(78)48(11)12)37-71-85-76(94(74)90(69)71)41-72(92-13)86-81-56-24-16-20-28-60(56)83(88(85)86)61-29-21-17-25-57(61)81/h14-41,43-48,80-83H,1-12H3. The zero-order valence-corrected chi connectivity index (χ0v) is 55.7. The number of rotatable bonds is 8. The van der Waals surface area contributed by atoms with Crippen molar-refractivity contribution in [3.8, 4) is 28.3 Å². The van der Waals surface area contributed by atoms with E-state index in [0.717, 1.165) is 33.3 Å². The third-order valence-corrected chi connectivity index (χ3v) is 23.3. The molecule has 0 unspecified atom stereocenters. The van der Waals surface area contributed by atoms with Crippen molar-refractivity contribution in [3.63, 3.8) is 0 Å².